The number of nitrogens with one attached hydrogen (secondary N) is 1. The molecular formula is C21H19FN5S+. The van der Waals surface area contributed by atoms with Crippen LogP contribution < -0.4 is 14.8 Å². The molecule has 0 saturated carbocycles. The molecule has 28 heavy (non-hydrogen) atoms. The molecule has 1 fully saturated rings. The van der Waals surface area contributed by atoms with Crippen LogP contribution >= 0.6 is 11.3 Å². The Kier molecular flexibility index (Phi) is 4.37. The number of pyridine rings is 1. The van der Waals surface area contributed by atoms with Crippen molar-refractivity contribution < 1.29 is 9.37 Å². The molecule has 4 heterocycles. The highest BCUT2D eigenvalue weighted by molar-refractivity contribution is 7.22. The molecule has 5 rings (SSSR count). The van der Waals surface area contributed by atoms with Crippen LogP contribution in [0.25, 0.3) is 20.7 Å². The topological polar surface area (TPSA) is 46.4 Å². The van der Waals surface area contributed by atoms with Gasteiger partial charge >= 0.3 is 0 Å². The summed E-state index contributed by atoms with van der Waals surface area (Å²) in [6.45, 7) is 3.67. The number of nitrogens with zero attached hydrogens (tertiary/aromatic N) is 4. The van der Waals surface area contributed by atoms with E-state index in [2.05, 4.69) is 43.0 Å². The van der Waals surface area contributed by atoms with Crippen LogP contribution in [0.5, 0.6) is 0 Å². The number of thiophene rings is 1. The summed E-state index contributed by atoms with van der Waals surface area (Å²) < 4.78 is 14.3. The Labute approximate surface area is 166 Å². The van der Waals surface area contributed by atoms with Gasteiger partial charge in [0.15, 0.2) is 0 Å². The van der Waals surface area contributed by atoms with E-state index in [9.17, 15) is 4.39 Å². The van der Waals surface area contributed by atoms with Gasteiger partial charge in [-0.15, -0.1) is 11.3 Å². The second-order valence-corrected chi connectivity index (χ2v) is 7.80. The average Bonchev–Trinajstić information content (AvgIpc) is 3.19. The number of rotatable bonds is 3. The van der Waals surface area contributed by atoms with E-state index in [1.165, 1.54) is 12.1 Å². The van der Waals surface area contributed by atoms with E-state index in [0.717, 1.165) is 58.5 Å². The summed E-state index contributed by atoms with van der Waals surface area (Å²) in [4.78, 5) is 18.1. The molecule has 0 spiro atoms. The van der Waals surface area contributed by atoms with E-state index in [1.54, 1.807) is 17.7 Å². The number of hydrogen-bond acceptors (Lipinski definition) is 5. The first-order valence-electron chi connectivity index (χ1n) is 9.25. The van der Waals surface area contributed by atoms with Crippen molar-refractivity contribution in [2.45, 2.75) is 0 Å². The van der Waals surface area contributed by atoms with E-state index in [1.807, 2.05) is 24.4 Å². The van der Waals surface area contributed by atoms with Crippen molar-refractivity contribution in [3.05, 3.63) is 66.9 Å². The molecule has 0 radical (unpaired) electrons. The molecule has 0 atom stereocenters. The molecule has 3 aromatic heterocycles. The molecule has 1 aliphatic rings. The van der Waals surface area contributed by atoms with Crippen LogP contribution in [0, 0.1) is 5.82 Å². The Bertz CT molecular complexity index is 1090. The van der Waals surface area contributed by atoms with Gasteiger partial charge in [-0.2, -0.15) is 0 Å². The smallest absolute Gasteiger partial charge is 0.274 e. The number of halogens is 1. The number of fused-ring (bicyclic) bond motifs is 1. The third-order valence-corrected chi connectivity index (χ3v) is 6.20. The van der Waals surface area contributed by atoms with Gasteiger partial charge < -0.3 is 4.90 Å². The number of anilines is 2. The van der Waals surface area contributed by atoms with Gasteiger partial charge in [-0.05, 0) is 29.8 Å². The highest BCUT2D eigenvalue weighted by Crippen LogP contribution is 2.37. The molecule has 7 heteroatoms. The van der Waals surface area contributed by atoms with Crippen LogP contribution in [0.4, 0.5) is 16.0 Å². The van der Waals surface area contributed by atoms with Gasteiger partial charge in [0.1, 0.15) is 31.1 Å². The van der Waals surface area contributed by atoms with Crippen LogP contribution in [-0.4, -0.2) is 36.1 Å². The van der Waals surface area contributed by atoms with Crippen LogP contribution in [0.1, 0.15) is 0 Å². The number of aromatic nitrogens is 3. The second-order valence-electron chi connectivity index (χ2n) is 6.75. The van der Waals surface area contributed by atoms with Crippen molar-refractivity contribution in [3.63, 3.8) is 0 Å². The minimum Gasteiger partial charge on any atom is -0.347 e. The minimum atomic E-state index is -0.223. The Hall–Kier alpha value is -3.06. The first-order chi connectivity index (χ1) is 13.8. The lowest BCUT2D eigenvalue weighted by atomic mass is 10.2. The maximum Gasteiger partial charge on any atom is 0.274 e. The highest BCUT2D eigenvalue weighted by atomic mass is 32.1. The van der Waals surface area contributed by atoms with Gasteiger partial charge in [-0.1, -0.05) is 18.2 Å². The monoisotopic (exact) mass is 392 g/mol. The summed E-state index contributed by atoms with van der Waals surface area (Å²) in [6.07, 6.45) is 3.59. The summed E-state index contributed by atoms with van der Waals surface area (Å²) >= 11 is 1.66. The number of aromatic amines is 1. The zero-order valence-corrected chi connectivity index (χ0v) is 16.0. The number of piperazine rings is 1. The molecule has 1 saturated heterocycles. The molecule has 5 nitrogen and oxygen atoms in total. The predicted octanol–water partition coefficient (Wildman–Crippen LogP) is 3.64. The van der Waals surface area contributed by atoms with Crippen LogP contribution in [0.15, 0.2) is 61.1 Å². The Morgan fingerprint density at radius 2 is 1.71 bits per heavy atom. The van der Waals surface area contributed by atoms with Gasteiger partial charge in [-0.3, -0.25) is 4.90 Å². The summed E-state index contributed by atoms with van der Waals surface area (Å²) in [5.74, 6) is 1.91. The standard InChI is InChI=1S/C21H18FN5S/c22-16-6-4-15(5-7-16)18-13-17-20(28-18)21(25-14-24-17)27-11-9-26(10-12-27)19-3-1-2-8-23-19/h1-8,13-14H,9-12H2/p+1. The third-order valence-electron chi connectivity index (χ3n) is 5.03. The Morgan fingerprint density at radius 3 is 2.46 bits per heavy atom. The van der Waals surface area contributed by atoms with E-state index < -0.39 is 0 Å². The normalized spacial score (nSPS) is 14.6. The van der Waals surface area contributed by atoms with Crippen molar-refractivity contribution in [1.82, 2.24) is 9.97 Å². The largest absolute Gasteiger partial charge is 0.347 e. The first kappa shape index (κ1) is 17.1. The number of benzene rings is 1. The van der Waals surface area contributed by atoms with Crippen molar-refractivity contribution in [3.8, 4) is 10.4 Å². The summed E-state index contributed by atoms with van der Waals surface area (Å²) in [5, 5.41) is 0. The fourth-order valence-electron chi connectivity index (χ4n) is 3.56. The highest BCUT2D eigenvalue weighted by Gasteiger charge is 2.25. The quantitative estimate of drug-likeness (QED) is 0.534. The maximum atomic E-state index is 13.2. The van der Waals surface area contributed by atoms with E-state index in [-0.39, 0.29) is 5.82 Å². The molecule has 0 unspecified atom stereocenters. The fraction of sp³-hybridized carbons (Fsp3) is 0.190. The molecule has 4 aromatic rings. The summed E-state index contributed by atoms with van der Waals surface area (Å²) in [5.41, 5.74) is 1.94. The molecule has 0 aliphatic carbocycles. The molecule has 1 N–H and O–H groups in total. The second kappa shape index (κ2) is 7.16. The predicted molar refractivity (Wildman–Crippen MR) is 110 cm³/mol. The zero-order chi connectivity index (χ0) is 18.9. The van der Waals surface area contributed by atoms with E-state index in [4.69, 9.17) is 0 Å². The molecular weight excluding hydrogens is 373 g/mol. The van der Waals surface area contributed by atoms with Gasteiger partial charge in [0, 0.05) is 10.9 Å². The van der Waals surface area contributed by atoms with Crippen LogP contribution in [-0.2, 0) is 0 Å². The van der Waals surface area contributed by atoms with Crippen molar-refractivity contribution in [2.75, 3.05) is 36.0 Å². The molecule has 0 amide bonds. The van der Waals surface area contributed by atoms with E-state index in [0.29, 0.717) is 0 Å². The SMILES string of the molecule is Fc1ccc(-c2cc3ncnc(N4CCN(c5cccc[nH+]5)CC4)c3s2)cc1. The average molecular weight is 392 g/mol. The lowest BCUT2D eigenvalue weighted by Crippen LogP contribution is -2.48. The summed E-state index contributed by atoms with van der Waals surface area (Å²) in [7, 11) is 0. The lowest BCUT2D eigenvalue weighted by Gasteiger charge is -2.31. The number of H-pyrrole nitrogens is 1. The minimum absolute atomic E-state index is 0.223. The fourth-order valence-corrected chi connectivity index (χ4v) is 4.70. The molecule has 1 aliphatic heterocycles. The van der Waals surface area contributed by atoms with Crippen LogP contribution in [0.3, 0.4) is 0 Å². The third kappa shape index (κ3) is 3.18. The molecule has 0 bridgehead atoms. The zero-order valence-electron chi connectivity index (χ0n) is 15.2. The van der Waals surface area contributed by atoms with E-state index >= 15 is 0 Å². The lowest BCUT2D eigenvalue weighted by molar-refractivity contribution is -0.364. The summed E-state index contributed by atoms with van der Waals surface area (Å²) in [6, 6.07) is 14.8. The number of hydrogen-bond donors (Lipinski definition) is 0. The Balaban J connectivity index is 1.41. The van der Waals surface area contributed by atoms with Gasteiger partial charge in [0.05, 0.1) is 29.5 Å². The van der Waals surface area contributed by atoms with Gasteiger partial charge in [0.25, 0.3) is 5.82 Å². The van der Waals surface area contributed by atoms with Crippen molar-refractivity contribution in [2.24, 2.45) is 0 Å². The van der Waals surface area contributed by atoms with Crippen molar-refractivity contribution in [1.29, 1.82) is 0 Å². The first-order valence-corrected chi connectivity index (χ1v) is 10.1. The van der Waals surface area contributed by atoms with Crippen LogP contribution in [0.2, 0.25) is 0 Å². The van der Waals surface area contributed by atoms with Crippen molar-refractivity contribution >= 4 is 33.2 Å². The maximum absolute atomic E-state index is 13.2. The molecule has 1 aromatic carbocycles. The molecule has 140 valence electrons. The van der Waals surface area contributed by atoms with Gasteiger partial charge in [0.2, 0.25) is 0 Å². The van der Waals surface area contributed by atoms with Gasteiger partial charge in [-0.25, -0.2) is 19.3 Å². The Morgan fingerprint density at radius 1 is 0.929 bits per heavy atom.